The smallest absolute Gasteiger partial charge is 0.243 e. The number of aliphatic hydroxyl groups is 1. The van der Waals surface area contributed by atoms with E-state index in [2.05, 4.69) is 0 Å². The SMILES string of the molecule is Cc1ccc(C)c(S(=O)(=O)N2CCCC(CO)C2)c1. The molecule has 0 aromatic heterocycles. The molecule has 0 aliphatic carbocycles. The van der Waals surface area contributed by atoms with Crippen molar-refractivity contribution in [1.29, 1.82) is 0 Å². The molecule has 2 rings (SSSR count). The van der Waals surface area contributed by atoms with Crippen LogP contribution in [-0.4, -0.2) is 37.5 Å². The molecule has 1 aliphatic heterocycles. The van der Waals surface area contributed by atoms with Crippen molar-refractivity contribution in [3.63, 3.8) is 0 Å². The second-order valence-corrected chi connectivity index (χ2v) is 7.23. The van der Waals surface area contributed by atoms with Crippen molar-refractivity contribution < 1.29 is 13.5 Å². The molecule has 1 aromatic rings. The summed E-state index contributed by atoms with van der Waals surface area (Å²) in [6.07, 6.45) is 1.71. The van der Waals surface area contributed by atoms with Gasteiger partial charge in [0, 0.05) is 19.7 Å². The van der Waals surface area contributed by atoms with Gasteiger partial charge in [0.05, 0.1) is 4.90 Å². The number of benzene rings is 1. The molecule has 1 aromatic carbocycles. The molecule has 0 bridgehead atoms. The highest BCUT2D eigenvalue weighted by molar-refractivity contribution is 7.89. The van der Waals surface area contributed by atoms with Crippen LogP contribution < -0.4 is 0 Å². The third kappa shape index (κ3) is 2.99. The fraction of sp³-hybridized carbons (Fsp3) is 0.571. The molecule has 1 heterocycles. The highest BCUT2D eigenvalue weighted by Crippen LogP contribution is 2.26. The van der Waals surface area contributed by atoms with Crippen LogP contribution >= 0.6 is 0 Å². The zero-order valence-electron chi connectivity index (χ0n) is 11.5. The average molecular weight is 283 g/mol. The van der Waals surface area contributed by atoms with Gasteiger partial charge in [-0.25, -0.2) is 8.42 Å². The Morgan fingerprint density at radius 2 is 2.11 bits per heavy atom. The summed E-state index contributed by atoms with van der Waals surface area (Å²) in [5.41, 5.74) is 1.72. The van der Waals surface area contributed by atoms with Gasteiger partial charge in [0.1, 0.15) is 0 Å². The Bertz CT molecular complexity index is 554. The van der Waals surface area contributed by atoms with Crippen LogP contribution in [0.5, 0.6) is 0 Å². The van der Waals surface area contributed by atoms with Gasteiger partial charge in [-0.15, -0.1) is 0 Å². The Kier molecular flexibility index (Phi) is 4.28. The number of aryl methyl sites for hydroxylation is 2. The maximum atomic E-state index is 12.7. The third-order valence-electron chi connectivity index (χ3n) is 3.70. The number of piperidine rings is 1. The maximum Gasteiger partial charge on any atom is 0.243 e. The van der Waals surface area contributed by atoms with Crippen molar-refractivity contribution in [3.05, 3.63) is 29.3 Å². The second kappa shape index (κ2) is 5.61. The molecule has 4 nitrogen and oxygen atoms in total. The molecule has 5 heteroatoms. The fourth-order valence-electron chi connectivity index (χ4n) is 2.52. The Morgan fingerprint density at radius 3 is 2.79 bits per heavy atom. The maximum absolute atomic E-state index is 12.7. The first-order chi connectivity index (χ1) is 8.95. The van der Waals surface area contributed by atoms with E-state index in [9.17, 15) is 13.5 Å². The molecule has 1 atom stereocenters. The second-order valence-electron chi connectivity index (χ2n) is 5.32. The summed E-state index contributed by atoms with van der Waals surface area (Å²) < 4.78 is 26.8. The standard InChI is InChI=1S/C14H21NO3S/c1-11-5-6-12(2)14(8-11)19(17,18)15-7-3-4-13(9-15)10-16/h5-6,8,13,16H,3-4,7,9-10H2,1-2H3. The van der Waals surface area contributed by atoms with Crippen LogP contribution in [0.2, 0.25) is 0 Å². The van der Waals surface area contributed by atoms with Gasteiger partial charge < -0.3 is 5.11 Å². The van der Waals surface area contributed by atoms with E-state index >= 15 is 0 Å². The van der Waals surface area contributed by atoms with Gasteiger partial charge >= 0.3 is 0 Å². The van der Waals surface area contributed by atoms with Crippen LogP contribution in [0.25, 0.3) is 0 Å². The molecule has 0 amide bonds. The predicted molar refractivity (Wildman–Crippen MR) is 74.5 cm³/mol. The Morgan fingerprint density at radius 1 is 1.37 bits per heavy atom. The van der Waals surface area contributed by atoms with E-state index in [1.807, 2.05) is 26.0 Å². The molecule has 1 saturated heterocycles. The summed E-state index contributed by atoms with van der Waals surface area (Å²) in [7, 11) is -3.44. The van der Waals surface area contributed by atoms with Crippen LogP contribution in [0.15, 0.2) is 23.1 Å². The van der Waals surface area contributed by atoms with Gasteiger partial charge in [-0.1, -0.05) is 12.1 Å². The van der Waals surface area contributed by atoms with E-state index in [4.69, 9.17) is 0 Å². The lowest BCUT2D eigenvalue weighted by Crippen LogP contribution is -2.41. The Hall–Kier alpha value is -0.910. The summed E-state index contributed by atoms with van der Waals surface area (Å²) in [5.74, 6) is 0.0636. The minimum Gasteiger partial charge on any atom is -0.396 e. The normalized spacial score (nSPS) is 21.5. The molecular weight excluding hydrogens is 262 g/mol. The van der Waals surface area contributed by atoms with Crippen LogP contribution in [0.3, 0.4) is 0 Å². The fourth-order valence-corrected chi connectivity index (χ4v) is 4.38. The minimum absolute atomic E-state index is 0.0544. The average Bonchev–Trinajstić information content (AvgIpc) is 2.41. The lowest BCUT2D eigenvalue weighted by atomic mass is 10.0. The van der Waals surface area contributed by atoms with E-state index < -0.39 is 10.0 Å². The van der Waals surface area contributed by atoms with E-state index in [1.165, 1.54) is 4.31 Å². The minimum atomic E-state index is -3.44. The monoisotopic (exact) mass is 283 g/mol. The third-order valence-corrected chi connectivity index (χ3v) is 5.71. The molecule has 19 heavy (non-hydrogen) atoms. The molecule has 0 spiro atoms. The number of rotatable bonds is 3. The van der Waals surface area contributed by atoms with E-state index in [0.717, 1.165) is 24.0 Å². The highest BCUT2D eigenvalue weighted by Gasteiger charge is 2.30. The molecule has 0 saturated carbocycles. The number of sulfonamides is 1. The van der Waals surface area contributed by atoms with Crippen molar-refractivity contribution in [3.8, 4) is 0 Å². The number of hydrogen-bond donors (Lipinski definition) is 1. The first kappa shape index (κ1) is 14.5. The van der Waals surface area contributed by atoms with Crippen molar-refractivity contribution in [2.45, 2.75) is 31.6 Å². The van der Waals surface area contributed by atoms with Crippen LogP contribution in [0.4, 0.5) is 0 Å². The largest absolute Gasteiger partial charge is 0.396 e. The van der Waals surface area contributed by atoms with E-state index in [0.29, 0.717) is 18.0 Å². The molecule has 106 valence electrons. The van der Waals surface area contributed by atoms with Crippen LogP contribution in [0.1, 0.15) is 24.0 Å². The number of aliphatic hydroxyl groups excluding tert-OH is 1. The summed E-state index contributed by atoms with van der Waals surface area (Å²) in [6, 6.07) is 5.49. The molecule has 1 unspecified atom stereocenters. The topological polar surface area (TPSA) is 57.6 Å². The molecule has 1 aliphatic rings. The van der Waals surface area contributed by atoms with Gasteiger partial charge in [0.25, 0.3) is 0 Å². The van der Waals surface area contributed by atoms with Crippen molar-refractivity contribution in [2.75, 3.05) is 19.7 Å². The summed E-state index contributed by atoms with van der Waals surface area (Å²) in [4.78, 5) is 0.395. The van der Waals surface area contributed by atoms with Gasteiger partial charge in [-0.05, 0) is 49.8 Å². The lowest BCUT2D eigenvalue weighted by molar-refractivity contribution is 0.165. The predicted octanol–water partition coefficient (Wildman–Crippen LogP) is 1.70. The Balaban J connectivity index is 2.34. The van der Waals surface area contributed by atoms with Crippen LogP contribution in [-0.2, 0) is 10.0 Å². The quantitative estimate of drug-likeness (QED) is 0.918. The van der Waals surface area contributed by atoms with Gasteiger partial charge in [0.15, 0.2) is 0 Å². The highest BCUT2D eigenvalue weighted by atomic mass is 32.2. The summed E-state index contributed by atoms with van der Waals surface area (Å²) in [6.45, 7) is 4.74. The zero-order valence-corrected chi connectivity index (χ0v) is 12.3. The lowest BCUT2D eigenvalue weighted by Gasteiger charge is -2.31. The number of nitrogens with zero attached hydrogens (tertiary/aromatic N) is 1. The summed E-state index contributed by atoms with van der Waals surface area (Å²) in [5, 5.41) is 9.22. The van der Waals surface area contributed by atoms with Gasteiger partial charge in [-0.3, -0.25) is 0 Å². The molecule has 1 fully saturated rings. The summed E-state index contributed by atoms with van der Waals surface area (Å²) >= 11 is 0. The van der Waals surface area contributed by atoms with E-state index in [-0.39, 0.29) is 12.5 Å². The van der Waals surface area contributed by atoms with Gasteiger partial charge in [0.2, 0.25) is 10.0 Å². The molecule has 1 N–H and O–H groups in total. The number of hydrogen-bond acceptors (Lipinski definition) is 3. The first-order valence-corrected chi connectivity index (χ1v) is 8.07. The van der Waals surface area contributed by atoms with E-state index in [1.54, 1.807) is 6.07 Å². The van der Waals surface area contributed by atoms with Crippen molar-refractivity contribution >= 4 is 10.0 Å². The van der Waals surface area contributed by atoms with Crippen molar-refractivity contribution in [1.82, 2.24) is 4.31 Å². The zero-order chi connectivity index (χ0) is 14.0. The molecular formula is C14H21NO3S. The Labute approximate surface area is 115 Å². The van der Waals surface area contributed by atoms with Gasteiger partial charge in [-0.2, -0.15) is 4.31 Å². The first-order valence-electron chi connectivity index (χ1n) is 6.63. The van der Waals surface area contributed by atoms with Crippen molar-refractivity contribution in [2.24, 2.45) is 5.92 Å². The molecule has 0 radical (unpaired) electrons. The van der Waals surface area contributed by atoms with Crippen LogP contribution in [0, 0.1) is 19.8 Å².